The number of thioether (sulfide) groups is 1. The Balaban J connectivity index is 2.74. The summed E-state index contributed by atoms with van der Waals surface area (Å²) in [6.07, 6.45) is 1.66. The maximum absolute atomic E-state index is 11.0. The lowest BCUT2D eigenvalue weighted by Crippen LogP contribution is -2.04. The van der Waals surface area contributed by atoms with Crippen LogP contribution in [0.4, 0.5) is 15.3 Å². The molecule has 0 fully saturated rings. The van der Waals surface area contributed by atoms with Gasteiger partial charge in [-0.05, 0) is 18.4 Å². The van der Waals surface area contributed by atoms with Gasteiger partial charge >= 0.3 is 5.43 Å². The van der Waals surface area contributed by atoms with Crippen molar-refractivity contribution in [3.8, 4) is 5.75 Å². The van der Waals surface area contributed by atoms with E-state index in [0.717, 1.165) is 11.8 Å². The lowest BCUT2D eigenvalue weighted by atomic mass is 10.3. The van der Waals surface area contributed by atoms with Crippen LogP contribution < -0.4 is 10.1 Å². The van der Waals surface area contributed by atoms with Crippen LogP contribution in [-0.2, 0) is 0 Å². The van der Waals surface area contributed by atoms with Crippen LogP contribution in [0.25, 0.3) is 0 Å². The largest absolute Gasteiger partial charge is 0.414 e. The molecule has 0 unspecified atom stereocenters. The average molecular weight is 246 g/mol. The quantitative estimate of drug-likeness (QED) is 0.812. The first-order chi connectivity index (χ1) is 7.11. The third-order valence-electron chi connectivity index (χ3n) is 1.46. The summed E-state index contributed by atoms with van der Waals surface area (Å²) >= 11 is 6.10. The van der Waals surface area contributed by atoms with Crippen LogP contribution >= 0.6 is 23.4 Å². The summed E-state index contributed by atoms with van der Waals surface area (Å²) in [7, 11) is 0. The van der Waals surface area contributed by atoms with E-state index < -0.39 is 5.43 Å². The lowest BCUT2D eigenvalue weighted by molar-refractivity contribution is 0.225. The van der Waals surface area contributed by atoms with E-state index in [1.807, 2.05) is 0 Å². The second kappa shape index (κ2) is 5.63. The van der Waals surface area contributed by atoms with Crippen LogP contribution in [0.15, 0.2) is 24.3 Å². The summed E-state index contributed by atoms with van der Waals surface area (Å²) < 4.78 is 4.64. The number of halogens is 1. The molecule has 0 aliphatic carbocycles. The maximum atomic E-state index is 11.0. The molecule has 0 radical (unpaired) electrons. The van der Waals surface area contributed by atoms with Crippen LogP contribution in [0.2, 0.25) is 0 Å². The van der Waals surface area contributed by atoms with E-state index in [4.69, 9.17) is 11.6 Å². The summed E-state index contributed by atoms with van der Waals surface area (Å²) in [4.78, 5) is 21.5. The molecule has 0 saturated carbocycles. The Morgan fingerprint density at radius 1 is 1.47 bits per heavy atom. The number of amides is 1. The summed E-state index contributed by atoms with van der Waals surface area (Å²) in [6, 6.07) is 6.40. The molecule has 1 aromatic rings. The van der Waals surface area contributed by atoms with Crippen molar-refractivity contribution in [2.24, 2.45) is 0 Å². The highest BCUT2D eigenvalue weighted by atomic mass is 35.5. The van der Waals surface area contributed by atoms with E-state index in [2.05, 4.69) is 10.1 Å². The Hall–Kier alpha value is -1.20. The van der Waals surface area contributed by atoms with Crippen molar-refractivity contribution >= 4 is 39.7 Å². The van der Waals surface area contributed by atoms with E-state index in [0.29, 0.717) is 5.69 Å². The molecule has 0 aromatic heterocycles. The van der Waals surface area contributed by atoms with Crippen molar-refractivity contribution in [3.63, 3.8) is 0 Å². The van der Waals surface area contributed by atoms with Gasteiger partial charge in [-0.2, -0.15) is 0 Å². The standard InChI is InChI=1S/C9H8ClNO3S/c1-15-9(13)11-6-3-2-4-7(5-6)14-8(10)12/h2-5H,1H3,(H,11,13). The summed E-state index contributed by atoms with van der Waals surface area (Å²) in [5, 5.41) is 2.40. The average Bonchev–Trinajstić information content (AvgIpc) is 2.17. The van der Waals surface area contributed by atoms with Crippen LogP contribution in [-0.4, -0.2) is 16.9 Å². The molecule has 15 heavy (non-hydrogen) atoms. The van der Waals surface area contributed by atoms with Crippen molar-refractivity contribution in [3.05, 3.63) is 24.3 Å². The van der Waals surface area contributed by atoms with Gasteiger partial charge in [0.05, 0.1) is 0 Å². The van der Waals surface area contributed by atoms with Gasteiger partial charge in [-0.15, -0.1) is 0 Å². The zero-order valence-corrected chi connectivity index (χ0v) is 9.39. The van der Waals surface area contributed by atoms with Gasteiger partial charge in [0, 0.05) is 23.4 Å². The zero-order valence-electron chi connectivity index (χ0n) is 7.82. The number of rotatable bonds is 2. The van der Waals surface area contributed by atoms with Gasteiger partial charge in [-0.3, -0.25) is 4.79 Å². The van der Waals surface area contributed by atoms with Crippen molar-refractivity contribution < 1.29 is 14.3 Å². The van der Waals surface area contributed by atoms with Gasteiger partial charge in [-0.1, -0.05) is 17.8 Å². The third kappa shape index (κ3) is 4.22. The highest BCUT2D eigenvalue weighted by Crippen LogP contribution is 2.19. The normalized spacial score (nSPS) is 9.47. The highest BCUT2D eigenvalue weighted by molar-refractivity contribution is 8.13. The Bertz CT molecular complexity index is 383. The molecule has 6 heteroatoms. The number of carbonyl (C=O) groups is 2. The Morgan fingerprint density at radius 2 is 2.20 bits per heavy atom. The summed E-state index contributed by atoms with van der Waals surface area (Å²) in [6.45, 7) is 0. The van der Waals surface area contributed by atoms with Gasteiger partial charge in [-0.25, -0.2) is 4.79 Å². The molecule has 0 bridgehead atoms. The van der Waals surface area contributed by atoms with Crippen molar-refractivity contribution in [1.82, 2.24) is 0 Å². The molecule has 80 valence electrons. The predicted molar refractivity (Wildman–Crippen MR) is 60.9 cm³/mol. The number of hydrogen-bond donors (Lipinski definition) is 1. The van der Waals surface area contributed by atoms with Gasteiger partial charge in [0.25, 0.3) is 5.24 Å². The zero-order chi connectivity index (χ0) is 11.3. The van der Waals surface area contributed by atoms with E-state index in [9.17, 15) is 9.59 Å². The molecular formula is C9H8ClNO3S. The van der Waals surface area contributed by atoms with E-state index >= 15 is 0 Å². The van der Waals surface area contributed by atoms with E-state index in [1.54, 1.807) is 24.5 Å². The molecule has 0 spiro atoms. The maximum Gasteiger partial charge on any atom is 0.409 e. The molecule has 1 rings (SSSR count). The lowest BCUT2D eigenvalue weighted by Gasteiger charge is -2.04. The minimum absolute atomic E-state index is 0.190. The first kappa shape index (κ1) is 11.9. The number of benzene rings is 1. The van der Waals surface area contributed by atoms with Crippen molar-refractivity contribution in [1.29, 1.82) is 0 Å². The fourth-order valence-corrected chi connectivity index (χ4v) is 1.21. The topological polar surface area (TPSA) is 55.4 Å². The fourth-order valence-electron chi connectivity index (χ4n) is 0.899. The summed E-state index contributed by atoms with van der Waals surface area (Å²) in [5.74, 6) is 0.286. The van der Waals surface area contributed by atoms with Crippen LogP contribution in [0.5, 0.6) is 5.75 Å². The van der Waals surface area contributed by atoms with E-state index in [-0.39, 0.29) is 11.0 Å². The number of anilines is 1. The Kier molecular flexibility index (Phi) is 4.45. The molecule has 1 N–H and O–H groups in total. The van der Waals surface area contributed by atoms with Crippen LogP contribution in [0, 0.1) is 0 Å². The van der Waals surface area contributed by atoms with Gasteiger partial charge in [0.1, 0.15) is 5.75 Å². The number of carbonyl (C=O) groups excluding carboxylic acids is 2. The minimum atomic E-state index is -0.914. The molecular weight excluding hydrogens is 238 g/mol. The minimum Gasteiger partial charge on any atom is -0.414 e. The van der Waals surface area contributed by atoms with Gasteiger partial charge in [0.15, 0.2) is 0 Å². The molecule has 0 aliphatic rings. The molecule has 0 saturated heterocycles. The van der Waals surface area contributed by atoms with Crippen molar-refractivity contribution in [2.45, 2.75) is 0 Å². The second-order valence-electron chi connectivity index (χ2n) is 2.48. The van der Waals surface area contributed by atoms with Gasteiger partial charge < -0.3 is 10.1 Å². The smallest absolute Gasteiger partial charge is 0.409 e. The molecule has 1 aromatic carbocycles. The van der Waals surface area contributed by atoms with E-state index in [1.165, 1.54) is 6.07 Å². The second-order valence-corrected chi connectivity index (χ2v) is 3.57. The molecule has 0 heterocycles. The predicted octanol–water partition coefficient (Wildman–Crippen LogP) is 3.32. The molecule has 1 amide bonds. The first-order valence-corrected chi connectivity index (χ1v) is 5.54. The Labute approximate surface area is 95.9 Å². The van der Waals surface area contributed by atoms with Crippen molar-refractivity contribution in [2.75, 3.05) is 11.6 Å². The first-order valence-electron chi connectivity index (χ1n) is 3.94. The Morgan fingerprint density at radius 3 is 2.80 bits per heavy atom. The molecule has 0 atom stereocenters. The molecule has 0 aliphatic heterocycles. The molecule has 4 nitrogen and oxygen atoms in total. The third-order valence-corrected chi connectivity index (χ3v) is 2.01. The SMILES string of the molecule is CSC(=O)Nc1cccc(OC(=O)Cl)c1. The monoisotopic (exact) mass is 245 g/mol. The number of nitrogens with one attached hydrogen (secondary N) is 1. The summed E-state index contributed by atoms with van der Waals surface area (Å²) in [5.41, 5.74) is -0.367. The fraction of sp³-hybridized carbons (Fsp3) is 0.111. The van der Waals surface area contributed by atoms with Crippen LogP contribution in [0.3, 0.4) is 0 Å². The highest BCUT2D eigenvalue weighted by Gasteiger charge is 2.03. The number of ether oxygens (including phenoxy) is 1. The van der Waals surface area contributed by atoms with Crippen LogP contribution in [0.1, 0.15) is 0 Å². The van der Waals surface area contributed by atoms with Gasteiger partial charge in [0.2, 0.25) is 0 Å². The number of hydrogen-bond acceptors (Lipinski definition) is 4.